The highest BCUT2D eigenvalue weighted by molar-refractivity contribution is 5.90. The van der Waals surface area contributed by atoms with Crippen molar-refractivity contribution in [3.8, 4) is 0 Å². The van der Waals surface area contributed by atoms with Crippen LogP contribution in [0.3, 0.4) is 0 Å². The van der Waals surface area contributed by atoms with Crippen LogP contribution >= 0.6 is 0 Å². The van der Waals surface area contributed by atoms with E-state index in [0.717, 1.165) is 18.2 Å². The second-order valence-corrected chi connectivity index (χ2v) is 5.67. The molecule has 24 heavy (non-hydrogen) atoms. The fourth-order valence-corrected chi connectivity index (χ4v) is 1.66. The lowest BCUT2D eigenvalue weighted by Crippen LogP contribution is -2.37. The minimum absolute atomic E-state index is 0.274. The van der Waals surface area contributed by atoms with Crippen molar-refractivity contribution in [3.05, 3.63) is 41.5 Å². The van der Waals surface area contributed by atoms with Gasteiger partial charge in [0.25, 0.3) is 5.91 Å². The molecule has 0 bridgehead atoms. The first-order chi connectivity index (χ1) is 11.1. The maximum absolute atomic E-state index is 12.4. The summed E-state index contributed by atoms with van der Waals surface area (Å²) in [6.45, 7) is 5.79. The van der Waals surface area contributed by atoms with Crippen LogP contribution in [-0.4, -0.2) is 24.5 Å². The third kappa shape index (κ3) is 6.85. The van der Waals surface area contributed by atoms with E-state index in [1.54, 1.807) is 0 Å². The molecule has 0 radical (unpaired) electrons. The monoisotopic (exact) mass is 343 g/mol. The molecular weight excluding hydrogens is 323 g/mol. The van der Waals surface area contributed by atoms with Crippen molar-refractivity contribution in [1.82, 2.24) is 5.32 Å². The molecule has 4 nitrogen and oxygen atoms in total. The lowest BCUT2D eigenvalue weighted by molar-refractivity contribution is -0.150. The fraction of sp³-hybridized carbons (Fsp3) is 0.412. The van der Waals surface area contributed by atoms with Crippen LogP contribution in [0.25, 0.3) is 6.08 Å². The van der Waals surface area contributed by atoms with Crippen molar-refractivity contribution in [1.29, 1.82) is 0 Å². The minimum Gasteiger partial charge on any atom is -0.449 e. The van der Waals surface area contributed by atoms with Crippen LogP contribution in [0.1, 0.15) is 31.9 Å². The van der Waals surface area contributed by atoms with Gasteiger partial charge in [0, 0.05) is 12.6 Å². The normalized spacial score (nSPS) is 13.1. The first-order valence-electron chi connectivity index (χ1n) is 7.43. The molecule has 0 aromatic heterocycles. The van der Waals surface area contributed by atoms with Gasteiger partial charge in [-0.3, -0.25) is 4.79 Å². The summed E-state index contributed by atoms with van der Waals surface area (Å²) in [5.74, 6) is -0.876. The van der Waals surface area contributed by atoms with E-state index < -0.39 is 29.7 Å². The lowest BCUT2D eigenvalue weighted by atomic mass is 10.1. The third-order valence-electron chi connectivity index (χ3n) is 3.00. The van der Waals surface area contributed by atoms with E-state index in [0.29, 0.717) is 12.1 Å². The molecule has 0 aliphatic rings. The summed E-state index contributed by atoms with van der Waals surface area (Å²) in [5.41, 5.74) is -0.352. The Labute approximate surface area is 138 Å². The zero-order valence-electron chi connectivity index (χ0n) is 13.7. The van der Waals surface area contributed by atoms with Crippen LogP contribution in [0.15, 0.2) is 30.3 Å². The Kier molecular flexibility index (Phi) is 7.00. The van der Waals surface area contributed by atoms with Gasteiger partial charge in [0.2, 0.25) is 0 Å². The quantitative estimate of drug-likeness (QED) is 0.636. The number of rotatable bonds is 6. The molecule has 1 amide bonds. The Morgan fingerprint density at radius 1 is 1.17 bits per heavy atom. The molecule has 0 saturated carbocycles. The minimum atomic E-state index is -4.40. The number of esters is 1. The lowest BCUT2D eigenvalue weighted by Gasteiger charge is -2.13. The summed E-state index contributed by atoms with van der Waals surface area (Å²) in [6.07, 6.45) is -2.97. The Morgan fingerprint density at radius 2 is 1.75 bits per heavy atom. The molecule has 0 aliphatic carbocycles. The largest absolute Gasteiger partial charge is 0.449 e. The van der Waals surface area contributed by atoms with E-state index >= 15 is 0 Å². The summed E-state index contributed by atoms with van der Waals surface area (Å²) in [5, 5.41) is 2.63. The van der Waals surface area contributed by atoms with Gasteiger partial charge in [0.1, 0.15) is 0 Å². The molecule has 7 heteroatoms. The number of halogens is 3. The van der Waals surface area contributed by atoms with Crippen molar-refractivity contribution < 1.29 is 27.5 Å². The van der Waals surface area contributed by atoms with Gasteiger partial charge in [-0.2, -0.15) is 13.2 Å². The number of carbonyl (C=O) groups is 2. The number of amides is 1. The third-order valence-corrected chi connectivity index (χ3v) is 3.00. The van der Waals surface area contributed by atoms with Gasteiger partial charge in [0.15, 0.2) is 6.10 Å². The molecule has 1 aromatic carbocycles. The van der Waals surface area contributed by atoms with Crippen LogP contribution < -0.4 is 5.32 Å². The number of hydrogen-bond acceptors (Lipinski definition) is 3. The molecule has 0 unspecified atom stereocenters. The summed E-state index contributed by atoms with van der Waals surface area (Å²) in [7, 11) is 0. The molecular formula is C17H20F3NO3. The Morgan fingerprint density at radius 3 is 2.25 bits per heavy atom. The highest BCUT2D eigenvalue weighted by atomic mass is 19.4. The number of nitrogens with one attached hydrogen (secondary N) is 1. The van der Waals surface area contributed by atoms with Crippen molar-refractivity contribution in [2.24, 2.45) is 5.92 Å². The number of benzene rings is 1. The molecule has 0 heterocycles. The van der Waals surface area contributed by atoms with Crippen LogP contribution in [-0.2, 0) is 20.5 Å². The molecule has 1 N–H and O–H groups in total. The molecule has 132 valence electrons. The van der Waals surface area contributed by atoms with Crippen molar-refractivity contribution in [2.75, 3.05) is 6.54 Å². The van der Waals surface area contributed by atoms with Gasteiger partial charge in [-0.1, -0.05) is 26.0 Å². The maximum atomic E-state index is 12.4. The van der Waals surface area contributed by atoms with Gasteiger partial charge in [0.05, 0.1) is 5.56 Å². The molecule has 1 rings (SSSR count). The predicted molar refractivity (Wildman–Crippen MR) is 83.9 cm³/mol. The predicted octanol–water partition coefficient (Wildman–Crippen LogP) is 3.42. The molecule has 1 aromatic rings. The summed E-state index contributed by atoms with van der Waals surface area (Å²) in [4.78, 5) is 23.3. The second-order valence-electron chi connectivity index (χ2n) is 5.67. The Hall–Kier alpha value is -2.31. The van der Waals surface area contributed by atoms with Gasteiger partial charge in [-0.05, 0) is 36.6 Å². The standard InChI is InChI=1S/C17H20F3NO3/c1-11(2)10-21-16(23)12(3)24-15(22)9-6-13-4-7-14(8-5-13)17(18,19)20/h4-9,11-12H,10H2,1-3H3,(H,21,23)/b9-6+/t12-/m1/s1. The van der Waals surface area contributed by atoms with Crippen LogP contribution in [0.4, 0.5) is 13.2 Å². The highest BCUT2D eigenvalue weighted by Gasteiger charge is 2.29. The highest BCUT2D eigenvalue weighted by Crippen LogP contribution is 2.29. The van der Waals surface area contributed by atoms with Crippen molar-refractivity contribution in [2.45, 2.75) is 33.1 Å². The van der Waals surface area contributed by atoms with Gasteiger partial charge < -0.3 is 10.1 Å². The van der Waals surface area contributed by atoms with E-state index in [-0.39, 0.29) is 5.92 Å². The fourth-order valence-electron chi connectivity index (χ4n) is 1.66. The molecule has 0 aliphatic heterocycles. The SMILES string of the molecule is CC(C)CNC(=O)[C@@H](C)OC(=O)/C=C/c1ccc(C(F)(F)F)cc1. The van der Waals surface area contributed by atoms with E-state index in [4.69, 9.17) is 4.74 Å². The average Bonchev–Trinajstić information content (AvgIpc) is 2.50. The number of ether oxygens (including phenoxy) is 1. The summed E-state index contributed by atoms with van der Waals surface area (Å²) < 4.78 is 42.2. The number of alkyl halides is 3. The average molecular weight is 343 g/mol. The summed E-state index contributed by atoms with van der Waals surface area (Å²) >= 11 is 0. The van der Waals surface area contributed by atoms with Crippen molar-refractivity contribution in [3.63, 3.8) is 0 Å². The van der Waals surface area contributed by atoms with Crippen LogP contribution in [0, 0.1) is 5.92 Å². The molecule has 0 fully saturated rings. The molecule has 0 saturated heterocycles. The van der Waals surface area contributed by atoms with E-state index in [2.05, 4.69) is 5.32 Å². The second kappa shape index (κ2) is 8.52. The molecule has 1 atom stereocenters. The number of hydrogen-bond donors (Lipinski definition) is 1. The topological polar surface area (TPSA) is 55.4 Å². The van der Waals surface area contributed by atoms with Crippen LogP contribution in [0.5, 0.6) is 0 Å². The Bertz CT molecular complexity index is 592. The van der Waals surface area contributed by atoms with Gasteiger partial charge in [-0.15, -0.1) is 0 Å². The first kappa shape index (κ1) is 19.7. The zero-order valence-corrected chi connectivity index (χ0v) is 13.7. The molecule has 0 spiro atoms. The van der Waals surface area contributed by atoms with E-state index in [1.165, 1.54) is 25.1 Å². The van der Waals surface area contributed by atoms with E-state index in [9.17, 15) is 22.8 Å². The number of carbonyl (C=O) groups excluding carboxylic acids is 2. The van der Waals surface area contributed by atoms with Crippen LogP contribution in [0.2, 0.25) is 0 Å². The maximum Gasteiger partial charge on any atom is 0.416 e. The van der Waals surface area contributed by atoms with E-state index in [1.807, 2.05) is 13.8 Å². The summed E-state index contributed by atoms with van der Waals surface area (Å²) in [6, 6.07) is 4.33. The zero-order chi connectivity index (χ0) is 18.3. The Balaban J connectivity index is 2.55. The smallest absolute Gasteiger partial charge is 0.416 e. The van der Waals surface area contributed by atoms with Crippen molar-refractivity contribution >= 4 is 18.0 Å². The van der Waals surface area contributed by atoms with Gasteiger partial charge in [-0.25, -0.2) is 4.79 Å². The first-order valence-corrected chi connectivity index (χ1v) is 7.43. The van der Waals surface area contributed by atoms with Gasteiger partial charge >= 0.3 is 12.1 Å².